The van der Waals surface area contributed by atoms with E-state index < -0.39 is 16.1 Å². The fourth-order valence-corrected chi connectivity index (χ4v) is 6.88. The summed E-state index contributed by atoms with van der Waals surface area (Å²) in [5.41, 5.74) is 1.33. The molecule has 1 saturated heterocycles. The van der Waals surface area contributed by atoms with Crippen molar-refractivity contribution in [2.75, 3.05) is 25.0 Å². The van der Waals surface area contributed by atoms with E-state index >= 15 is 0 Å². The standard InChI is InChI=1S/C31H30Cl2N4O4S/c1-21-20-36(16-17-37(21)31(39)34-24-14-15-26(32)27(33)19-24)30(38)28(18-22-8-3-2-4-9-22)35-42(40,41)29-13-7-11-23-10-5-6-12-25(23)29/h2-15,19,21,28,35H,16-18,20H2,1H3,(H,34,39). The van der Waals surface area contributed by atoms with Crippen molar-refractivity contribution in [2.24, 2.45) is 0 Å². The molecule has 8 nitrogen and oxygen atoms in total. The normalized spacial score (nSPS) is 16.3. The zero-order chi connectivity index (χ0) is 29.9. The Hall–Kier alpha value is -3.63. The number of carbonyl (C=O) groups excluding carboxylic acids is 2. The number of carbonyl (C=O) groups is 2. The van der Waals surface area contributed by atoms with Crippen LogP contribution >= 0.6 is 23.2 Å². The van der Waals surface area contributed by atoms with Crippen molar-refractivity contribution < 1.29 is 18.0 Å². The summed E-state index contributed by atoms with van der Waals surface area (Å²) < 4.78 is 30.1. The minimum Gasteiger partial charge on any atom is -0.337 e. The number of halogens is 2. The number of urea groups is 1. The van der Waals surface area contributed by atoms with E-state index in [4.69, 9.17) is 23.2 Å². The number of nitrogens with one attached hydrogen (secondary N) is 2. The lowest BCUT2D eigenvalue weighted by Crippen LogP contribution is -2.59. The third-order valence-electron chi connectivity index (χ3n) is 7.29. The van der Waals surface area contributed by atoms with Gasteiger partial charge in [0, 0.05) is 36.7 Å². The molecule has 11 heteroatoms. The molecule has 0 saturated carbocycles. The predicted molar refractivity (Wildman–Crippen MR) is 166 cm³/mol. The Morgan fingerprint density at radius 3 is 2.36 bits per heavy atom. The number of fused-ring (bicyclic) bond motifs is 1. The van der Waals surface area contributed by atoms with Gasteiger partial charge in [0.25, 0.3) is 0 Å². The van der Waals surface area contributed by atoms with Gasteiger partial charge in [-0.05, 0) is 48.6 Å². The zero-order valence-corrected chi connectivity index (χ0v) is 25.2. The van der Waals surface area contributed by atoms with Gasteiger partial charge in [0.1, 0.15) is 6.04 Å². The molecule has 218 valence electrons. The minimum absolute atomic E-state index is 0.114. The van der Waals surface area contributed by atoms with Crippen molar-refractivity contribution in [3.8, 4) is 0 Å². The van der Waals surface area contributed by atoms with E-state index in [1.54, 1.807) is 52.3 Å². The molecule has 4 aromatic rings. The quantitative estimate of drug-likeness (QED) is 0.271. The molecule has 1 aliphatic heterocycles. The second-order valence-electron chi connectivity index (χ2n) is 10.2. The highest BCUT2D eigenvalue weighted by Crippen LogP contribution is 2.26. The number of anilines is 1. The van der Waals surface area contributed by atoms with Gasteiger partial charge in [-0.1, -0.05) is 89.9 Å². The Morgan fingerprint density at radius 1 is 0.905 bits per heavy atom. The zero-order valence-electron chi connectivity index (χ0n) is 22.8. The Bertz CT molecular complexity index is 1710. The summed E-state index contributed by atoms with van der Waals surface area (Å²) in [4.78, 5) is 30.3. The highest BCUT2D eigenvalue weighted by Gasteiger charge is 2.35. The fraction of sp³-hybridized carbons (Fsp3) is 0.226. The van der Waals surface area contributed by atoms with Gasteiger partial charge in [-0.2, -0.15) is 4.72 Å². The van der Waals surface area contributed by atoms with Crippen LogP contribution in [0.4, 0.5) is 10.5 Å². The van der Waals surface area contributed by atoms with Crippen LogP contribution in [0.1, 0.15) is 12.5 Å². The van der Waals surface area contributed by atoms with E-state index in [9.17, 15) is 18.0 Å². The maximum Gasteiger partial charge on any atom is 0.322 e. The first-order chi connectivity index (χ1) is 20.1. The Labute approximate surface area is 255 Å². The molecule has 1 fully saturated rings. The first-order valence-corrected chi connectivity index (χ1v) is 15.7. The van der Waals surface area contributed by atoms with Gasteiger partial charge < -0.3 is 15.1 Å². The van der Waals surface area contributed by atoms with Crippen LogP contribution in [-0.2, 0) is 21.2 Å². The van der Waals surface area contributed by atoms with Crippen LogP contribution < -0.4 is 10.0 Å². The van der Waals surface area contributed by atoms with Crippen LogP contribution in [0.2, 0.25) is 10.0 Å². The molecule has 0 aromatic heterocycles. The van der Waals surface area contributed by atoms with E-state index in [-0.39, 0.29) is 48.9 Å². The smallest absolute Gasteiger partial charge is 0.322 e. The Morgan fingerprint density at radius 2 is 1.62 bits per heavy atom. The molecule has 5 rings (SSSR count). The molecule has 2 N–H and O–H groups in total. The van der Waals surface area contributed by atoms with Gasteiger partial charge in [-0.3, -0.25) is 4.79 Å². The van der Waals surface area contributed by atoms with Crippen molar-refractivity contribution in [1.82, 2.24) is 14.5 Å². The lowest BCUT2D eigenvalue weighted by Gasteiger charge is -2.41. The van der Waals surface area contributed by atoms with Crippen molar-refractivity contribution in [1.29, 1.82) is 0 Å². The minimum atomic E-state index is -4.06. The van der Waals surface area contributed by atoms with Gasteiger partial charge in [0.05, 0.1) is 14.9 Å². The average molecular weight is 626 g/mol. The third kappa shape index (κ3) is 6.71. The second kappa shape index (κ2) is 12.7. The summed E-state index contributed by atoms with van der Waals surface area (Å²) in [6, 6.07) is 24.7. The summed E-state index contributed by atoms with van der Waals surface area (Å²) >= 11 is 12.1. The number of hydrogen-bond acceptors (Lipinski definition) is 4. The molecule has 3 amide bonds. The molecule has 0 spiro atoms. The molecular weight excluding hydrogens is 595 g/mol. The number of amides is 3. The van der Waals surface area contributed by atoms with Crippen LogP contribution in [0.5, 0.6) is 0 Å². The number of piperazine rings is 1. The molecule has 1 heterocycles. The topological polar surface area (TPSA) is 98.8 Å². The summed E-state index contributed by atoms with van der Waals surface area (Å²) in [5, 5.41) is 4.90. The van der Waals surface area contributed by atoms with Gasteiger partial charge >= 0.3 is 6.03 Å². The van der Waals surface area contributed by atoms with E-state index in [1.165, 1.54) is 0 Å². The second-order valence-corrected chi connectivity index (χ2v) is 12.7. The largest absolute Gasteiger partial charge is 0.337 e. The molecule has 42 heavy (non-hydrogen) atoms. The van der Waals surface area contributed by atoms with Crippen LogP contribution in [0.25, 0.3) is 10.8 Å². The molecule has 1 aliphatic rings. The predicted octanol–water partition coefficient (Wildman–Crippen LogP) is 5.80. The maximum atomic E-state index is 13.9. The van der Waals surface area contributed by atoms with Gasteiger partial charge in [0.15, 0.2) is 0 Å². The summed E-state index contributed by atoms with van der Waals surface area (Å²) in [6.45, 7) is 2.61. The Kier molecular flexibility index (Phi) is 9.03. The summed E-state index contributed by atoms with van der Waals surface area (Å²) in [7, 11) is -4.06. The number of hydrogen-bond donors (Lipinski definition) is 2. The Balaban J connectivity index is 1.34. The SMILES string of the molecule is CC1CN(C(=O)C(Cc2ccccc2)NS(=O)(=O)c2cccc3ccccc23)CCN1C(=O)Nc1ccc(Cl)c(Cl)c1. The summed E-state index contributed by atoms with van der Waals surface area (Å²) in [6.07, 6.45) is 0.177. The lowest BCUT2D eigenvalue weighted by atomic mass is 10.0. The van der Waals surface area contributed by atoms with Gasteiger partial charge in [0.2, 0.25) is 15.9 Å². The molecule has 2 unspecified atom stereocenters. The van der Waals surface area contributed by atoms with Crippen LogP contribution in [0, 0.1) is 0 Å². The van der Waals surface area contributed by atoms with E-state index in [0.29, 0.717) is 21.1 Å². The third-order valence-corrected chi connectivity index (χ3v) is 9.56. The highest BCUT2D eigenvalue weighted by molar-refractivity contribution is 7.89. The number of benzene rings is 4. The lowest BCUT2D eigenvalue weighted by molar-refractivity contribution is -0.135. The van der Waals surface area contributed by atoms with Gasteiger partial charge in [-0.15, -0.1) is 0 Å². The average Bonchev–Trinajstić information content (AvgIpc) is 2.98. The molecular formula is C31H30Cl2N4O4S. The first-order valence-electron chi connectivity index (χ1n) is 13.5. The van der Waals surface area contributed by atoms with Crippen LogP contribution in [0.3, 0.4) is 0 Å². The van der Waals surface area contributed by atoms with E-state index in [0.717, 1.165) is 10.9 Å². The van der Waals surface area contributed by atoms with Gasteiger partial charge in [-0.25, -0.2) is 13.2 Å². The monoisotopic (exact) mass is 624 g/mol. The first kappa shape index (κ1) is 29.8. The summed E-state index contributed by atoms with van der Waals surface area (Å²) in [5.74, 6) is -0.348. The molecule has 4 aromatic carbocycles. The number of rotatable bonds is 7. The number of nitrogens with zero attached hydrogens (tertiary/aromatic N) is 2. The van der Waals surface area contributed by atoms with Crippen molar-refractivity contribution in [3.63, 3.8) is 0 Å². The molecule has 2 atom stereocenters. The molecule has 0 aliphatic carbocycles. The van der Waals surface area contributed by atoms with Crippen molar-refractivity contribution >= 4 is 61.6 Å². The van der Waals surface area contributed by atoms with Crippen LogP contribution in [-0.4, -0.2) is 61.9 Å². The maximum absolute atomic E-state index is 13.9. The highest BCUT2D eigenvalue weighted by atomic mass is 35.5. The van der Waals surface area contributed by atoms with Crippen molar-refractivity contribution in [2.45, 2.75) is 30.3 Å². The van der Waals surface area contributed by atoms with E-state index in [1.807, 2.05) is 55.5 Å². The van der Waals surface area contributed by atoms with E-state index in [2.05, 4.69) is 10.0 Å². The van der Waals surface area contributed by atoms with Crippen molar-refractivity contribution in [3.05, 3.63) is 107 Å². The van der Waals surface area contributed by atoms with Crippen LogP contribution in [0.15, 0.2) is 95.9 Å². The molecule has 0 bridgehead atoms. The number of sulfonamides is 1. The fourth-order valence-electron chi connectivity index (χ4n) is 5.16. The molecule has 0 radical (unpaired) electrons.